The Balaban J connectivity index is 1.78. The van der Waals surface area contributed by atoms with Crippen LogP contribution < -0.4 is 0 Å². The second-order valence-electron chi connectivity index (χ2n) is 8.56. The van der Waals surface area contributed by atoms with Gasteiger partial charge >= 0.3 is 0 Å². The average molecular weight is 405 g/mol. The van der Waals surface area contributed by atoms with Crippen LogP contribution in [0.5, 0.6) is 0 Å². The number of carbonyl (C=O) groups is 1. The van der Waals surface area contributed by atoms with E-state index in [2.05, 4.69) is 27.4 Å². The van der Waals surface area contributed by atoms with Crippen LogP contribution in [0.3, 0.4) is 0 Å². The van der Waals surface area contributed by atoms with Crippen molar-refractivity contribution in [1.29, 1.82) is 0 Å². The maximum atomic E-state index is 13.5. The van der Waals surface area contributed by atoms with Gasteiger partial charge in [-0.05, 0) is 52.9 Å². The van der Waals surface area contributed by atoms with Gasteiger partial charge in [0.2, 0.25) is 0 Å². The summed E-state index contributed by atoms with van der Waals surface area (Å²) in [7, 11) is 0. The van der Waals surface area contributed by atoms with Crippen molar-refractivity contribution in [2.24, 2.45) is 0 Å². The minimum Gasteiger partial charge on any atom is -0.345 e. The Morgan fingerprint density at radius 1 is 1.10 bits per heavy atom. The molecule has 3 rings (SSSR count). The lowest BCUT2D eigenvalue weighted by Gasteiger charge is -2.23. The summed E-state index contributed by atoms with van der Waals surface area (Å²) >= 11 is 0. The number of aromatic nitrogens is 1. The molecule has 0 radical (unpaired) electrons. The van der Waals surface area contributed by atoms with E-state index in [1.165, 1.54) is 17.7 Å². The van der Waals surface area contributed by atoms with Crippen LogP contribution in [0, 0.1) is 5.82 Å². The minimum atomic E-state index is -0.247. The van der Waals surface area contributed by atoms with Crippen LogP contribution in [0.4, 0.5) is 4.39 Å². The highest BCUT2D eigenvalue weighted by atomic mass is 19.1. The second kappa shape index (κ2) is 9.12. The van der Waals surface area contributed by atoms with E-state index >= 15 is 0 Å². The zero-order valence-electron chi connectivity index (χ0n) is 17.9. The molecule has 0 aliphatic carbocycles. The molecule has 0 aliphatic rings. The molecule has 156 valence electrons. The summed E-state index contributed by atoms with van der Waals surface area (Å²) in [4.78, 5) is 14.9. The number of benzene rings is 2. The predicted molar refractivity (Wildman–Crippen MR) is 120 cm³/mol. The summed E-state index contributed by atoms with van der Waals surface area (Å²) in [5, 5.41) is 0. The van der Waals surface area contributed by atoms with Crippen LogP contribution >= 0.6 is 0 Å². The lowest BCUT2D eigenvalue weighted by Crippen LogP contribution is -2.31. The molecule has 0 unspecified atom stereocenters. The topological polar surface area (TPSA) is 25.2 Å². The summed E-state index contributed by atoms with van der Waals surface area (Å²) in [5.74, 6) is -0.280. The zero-order chi connectivity index (χ0) is 21.7. The van der Waals surface area contributed by atoms with Crippen LogP contribution in [0.1, 0.15) is 48.0 Å². The summed E-state index contributed by atoms with van der Waals surface area (Å²) in [6.45, 7) is 11.7. The van der Waals surface area contributed by atoms with Crippen molar-refractivity contribution < 1.29 is 9.18 Å². The van der Waals surface area contributed by atoms with E-state index in [1.54, 1.807) is 17.0 Å². The third kappa shape index (κ3) is 5.26. The predicted octanol–water partition coefficient (Wildman–Crippen LogP) is 5.80. The fourth-order valence-electron chi connectivity index (χ4n) is 3.45. The van der Waals surface area contributed by atoms with Crippen molar-refractivity contribution in [3.63, 3.8) is 0 Å². The molecular weight excluding hydrogens is 375 g/mol. The third-order valence-corrected chi connectivity index (χ3v) is 5.15. The van der Waals surface area contributed by atoms with Crippen LogP contribution in [0.25, 0.3) is 0 Å². The molecule has 1 aromatic heterocycles. The molecule has 1 heterocycles. The normalized spacial score (nSPS) is 11.3. The maximum absolute atomic E-state index is 13.5. The van der Waals surface area contributed by atoms with Gasteiger partial charge < -0.3 is 9.47 Å². The van der Waals surface area contributed by atoms with Gasteiger partial charge in [0.05, 0.1) is 6.54 Å². The maximum Gasteiger partial charge on any atom is 0.254 e. The Kier molecular flexibility index (Phi) is 6.56. The molecule has 2 aromatic carbocycles. The number of halogens is 1. The van der Waals surface area contributed by atoms with E-state index < -0.39 is 0 Å². The number of amides is 1. The molecule has 0 bridgehead atoms. The first-order valence-corrected chi connectivity index (χ1v) is 10.2. The lowest BCUT2D eigenvalue weighted by molar-refractivity contribution is 0.0759. The molecule has 0 N–H and O–H groups in total. The largest absolute Gasteiger partial charge is 0.345 e. The first kappa shape index (κ1) is 21.6. The Bertz CT molecular complexity index is 1010. The van der Waals surface area contributed by atoms with Crippen molar-refractivity contribution in [1.82, 2.24) is 9.47 Å². The van der Waals surface area contributed by atoms with Crippen molar-refractivity contribution in [2.75, 3.05) is 6.54 Å². The lowest BCUT2D eigenvalue weighted by atomic mass is 9.86. The van der Waals surface area contributed by atoms with Crippen LogP contribution in [0.15, 0.2) is 79.5 Å². The van der Waals surface area contributed by atoms with Crippen LogP contribution in [-0.4, -0.2) is 21.9 Å². The highest BCUT2D eigenvalue weighted by Gasteiger charge is 2.19. The van der Waals surface area contributed by atoms with Crippen molar-refractivity contribution in [3.05, 3.63) is 108 Å². The minimum absolute atomic E-state index is 0.0335. The molecule has 0 saturated carbocycles. The third-order valence-electron chi connectivity index (χ3n) is 5.15. The van der Waals surface area contributed by atoms with Gasteiger partial charge in [-0.3, -0.25) is 4.79 Å². The van der Waals surface area contributed by atoms with E-state index in [0.717, 1.165) is 11.3 Å². The summed E-state index contributed by atoms with van der Waals surface area (Å²) < 4.78 is 15.6. The van der Waals surface area contributed by atoms with Crippen molar-refractivity contribution >= 4 is 5.91 Å². The fraction of sp³-hybridized carbons (Fsp3) is 0.269. The molecule has 0 atom stereocenters. The smallest absolute Gasteiger partial charge is 0.254 e. The van der Waals surface area contributed by atoms with E-state index in [9.17, 15) is 9.18 Å². The molecule has 3 nitrogen and oxygen atoms in total. The molecule has 30 heavy (non-hydrogen) atoms. The number of hydrogen-bond acceptors (Lipinski definition) is 1. The number of rotatable bonds is 7. The highest BCUT2D eigenvalue weighted by Crippen LogP contribution is 2.23. The summed E-state index contributed by atoms with van der Waals surface area (Å²) in [6, 6.07) is 18.4. The highest BCUT2D eigenvalue weighted by molar-refractivity contribution is 5.94. The van der Waals surface area contributed by atoms with Gasteiger partial charge in [0.15, 0.2) is 0 Å². The van der Waals surface area contributed by atoms with Crippen molar-refractivity contribution in [2.45, 2.75) is 39.3 Å². The summed E-state index contributed by atoms with van der Waals surface area (Å²) in [5.41, 5.74) is 3.76. The standard InChI is InChI=1S/C26H29FN2O/c1-5-15-29(25(30)21-11-13-22(14-12-21)26(2,3)4)19-24-10-7-16-28(24)18-20-8-6-9-23(27)17-20/h5-14,16-17H,1,15,18-19H2,2-4H3. The molecule has 4 heteroatoms. The van der Waals surface area contributed by atoms with Crippen LogP contribution in [-0.2, 0) is 18.5 Å². The molecule has 0 spiro atoms. The first-order valence-electron chi connectivity index (χ1n) is 10.2. The quantitative estimate of drug-likeness (QED) is 0.457. The molecule has 0 aliphatic heterocycles. The zero-order valence-corrected chi connectivity index (χ0v) is 17.9. The van der Waals surface area contributed by atoms with Gasteiger partial charge in [-0.2, -0.15) is 0 Å². The average Bonchev–Trinajstić information content (AvgIpc) is 3.13. The van der Waals surface area contributed by atoms with E-state index in [0.29, 0.717) is 25.2 Å². The number of nitrogens with zero attached hydrogens (tertiary/aromatic N) is 2. The first-order chi connectivity index (χ1) is 14.3. The van der Waals surface area contributed by atoms with Gasteiger partial charge in [0.25, 0.3) is 5.91 Å². The summed E-state index contributed by atoms with van der Waals surface area (Å²) in [6.07, 6.45) is 3.69. The molecule has 1 amide bonds. The molecule has 0 fully saturated rings. The van der Waals surface area contributed by atoms with E-state index in [4.69, 9.17) is 0 Å². The Morgan fingerprint density at radius 2 is 1.83 bits per heavy atom. The van der Waals surface area contributed by atoms with Gasteiger partial charge in [0.1, 0.15) is 5.82 Å². The molecule has 0 saturated heterocycles. The molecule has 3 aromatic rings. The van der Waals surface area contributed by atoms with Gasteiger partial charge in [0, 0.05) is 30.5 Å². The molecular formula is C26H29FN2O. The SMILES string of the molecule is C=CCN(Cc1cccn1Cc1cccc(F)c1)C(=O)c1ccc(C(C)(C)C)cc1. The number of carbonyl (C=O) groups excluding carboxylic acids is 1. The van der Waals surface area contributed by atoms with E-state index in [1.807, 2.05) is 53.2 Å². The van der Waals surface area contributed by atoms with Gasteiger partial charge in [-0.25, -0.2) is 4.39 Å². The van der Waals surface area contributed by atoms with Crippen molar-refractivity contribution in [3.8, 4) is 0 Å². The van der Waals surface area contributed by atoms with Crippen LogP contribution in [0.2, 0.25) is 0 Å². The Labute approximate surface area is 178 Å². The Hall–Kier alpha value is -3.14. The fourth-order valence-corrected chi connectivity index (χ4v) is 3.45. The monoisotopic (exact) mass is 404 g/mol. The van der Waals surface area contributed by atoms with Gasteiger partial charge in [-0.15, -0.1) is 6.58 Å². The number of hydrogen-bond donors (Lipinski definition) is 0. The van der Waals surface area contributed by atoms with Gasteiger partial charge in [-0.1, -0.05) is 51.1 Å². The Morgan fingerprint density at radius 3 is 2.47 bits per heavy atom. The van der Waals surface area contributed by atoms with E-state index in [-0.39, 0.29) is 17.1 Å². The second-order valence-corrected chi connectivity index (χ2v) is 8.56.